The van der Waals surface area contributed by atoms with E-state index in [-0.39, 0.29) is 5.88 Å². The van der Waals surface area contributed by atoms with Gasteiger partial charge in [-0.15, -0.1) is 11.3 Å². The van der Waals surface area contributed by atoms with E-state index in [1.54, 1.807) is 23.5 Å². The highest BCUT2D eigenvalue weighted by molar-refractivity contribution is 9.11. The van der Waals surface area contributed by atoms with Crippen LogP contribution >= 0.6 is 50.5 Å². The van der Waals surface area contributed by atoms with Crippen molar-refractivity contribution in [1.29, 1.82) is 0 Å². The summed E-state index contributed by atoms with van der Waals surface area (Å²) in [5.41, 5.74) is 9.17. The maximum atomic E-state index is 6.27. The second-order valence-electron chi connectivity index (χ2n) is 4.46. The molecule has 0 atom stereocenters. The van der Waals surface area contributed by atoms with E-state index < -0.39 is 0 Å². The van der Waals surface area contributed by atoms with Gasteiger partial charge in [0, 0.05) is 10.6 Å². The van der Waals surface area contributed by atoms with E-state index in [2.05, 4.69) is 21.1 Å². The topological polar surface area (TPSA) is 52.0 Å². The van der Waals surface area contributed by atoms with Crippen LogP contribution in [-0.4, -0.2) is 5.16 Å². The highest BCUT2D eigenvalue weighted by atomic mass is 79.9. The second-order valence-corrected chi connectivity index (χ2v) is 7.68. The number of thiophene rings is 1. The van der Waals surface area contributed by atoms with Crippen molar-refractivity contribution in [3.63, 3.8) is 0 Å². The molecule has 3 rings (SSSR count). The third kappa shape index (κ3) is 2.71. The van der Waals surface area contributed by atoms with Gasteiger partial charge in [0.2, 0.25) is 5.88 Å². The zero-order chi connectivity index (χ0) is 15.1. The molecule has 2 aromatic heterocycles. The van der Waals surface area contributed by atoms with Gasteiger partial charge in [-0.25, -0.2) is 0 Å². The van der Waals surface area contributed by atoms with Crippen LogP contribution in [0.25, 0.3) is 21.7 Å². The summed E-state index contributed by atoms with van der Waals surface area (Å²) in [6.45, 7) is 2.02. The maximum absolute atomic E-state index is 6.27. The van der Waals surface area contributed by atoms with Crippen molar-refractivity contribution >= 4 is 56.4 Å². The van der Waals surface area contributed by atoms with Gasteiger partial charge in [-0.05, 0) is 46.6 Å². The molecule has 0 radical (unpaired) electrons. The summed E-state index contributed by atoms with van der Waals surface area (Å²) in [7, 11) is 0. The van der Waals surface area contributed by atoms with Gasteiger partial charge in [-0.2, -0.15) is 0 Å². The molecule has 1 aromatic carbocycles. The summed E-state index contributed by atoms with van der Waals surface area (Å²) in [6, 6.07) is 7.27. The van der Waals surface area contributed by atoms with Crippen LogP contribution in [0.5, 0.6) is 0 Å². The number of nitrogens with two attached hydrogens (primary N) is 1. The zero-order valence-corrected chi connectivity index (χ0v) is 14.7. The molecule has 0 saturated heterocycles. The molecule has 0 fully saturated rings. The van der Waals surface area contributed by atoms with Crippen molar-refractivity contribution < 1.29 is 4.52 Å². The lowest BCUT2D eigenvalue weighted by Crippen LogP contribution is -1.88. The minimum absolute atomic E-state index is 0.233. The van der Waals surface area contributed by atoms with E-state index in [1.165, 1.54) is 0 Å². The van der Waals surface area contributed by atoms with Crippen molar-refractivity contribution in [1.82, 2.24) is 5.16 Å². The van der Waals surface area contributed by atoms with Gasteiger partial charge in [-0.3, -0.25) is 0 Å². The zero-order valence-electron chi connectivity index (χ0n) is 10.8. The van der Waals surface area contributed by atoms with Gasteiger partial charge in [0.05, 0.1) is 19.2 Å². The SMILES string of the molecule is Cc1cc(-c2noc(N)c2-c2ccc(Cl)cc2Cl)sc1Br. The summed E-state index contributed by atoms with van der Waals surface area (Å²) in [4.78, 5) is 0.959. The summed E-state index contributed by atoms with van der Waals surface area (Å²) in [5, 5.41) is 5.15. The number of hydrogen-bond donors (Lipinski definition) is 1. The van der Waals surface area contributed by atoms with Crippen LogP contribution in [0.2, 0.25) is 10.0 Å². The van der Waals surface area contributed by atoms with E-state index in [4.69, 9.17) is 33.5 Å². The number of hydrogen-bond acceptors (Lipinski definition) is 4. The highest BCUT2D eigenvalue weighted by Gasteiger charge is 2.21. The smallest absolute Gasteiger partial charge is 0.230 e. The molecule has 2 N–H and O–H groups in total. The fourth-order valence-electron chi connectivity index (χ4n) is 2.00. The normalized spacial score (nSPS) is 11.0. The van der Waals surface area contributed by atoms with Gasteiger partial charge < -0.3 is 10.3 Å². The Bertz CT molecular complexity index is 809. The molecular weight excluding hydrogens is 395 g/mol. The predicted molar refractivity (Wildman–Crippen MR) is 92.1 cm³/mol. The van der Waals surface area contributed by atoms with Crippen LogP contribution in [0.3, 0.4) is 0 Å². The third-order valence-corrected chi connectivity index (χ3v) is 5.70. The lowest BCUT2D eigenvalue weighted by molar-refractivity contribution is 0.439. The fourth-order valence-corrected chi connectivity index (χ4v) is 4.03. The number of rotatable bonds is 2. The fraction of sp³-hybridized carbons (Fsp3) is 0.0714. The first-order valence-electron chi connectivity index (χ1n) is 5.94. The number of nitrogens with zero attached hydrogens (tertiary/aromatic N) is 1. The Morgan fingerprint density at radius 2 is 2.05 bits per heavy atom. The van der Waals surface area contributed by atoms with Crippen molar-refractivity contribution in [2.24, 2.45) is 0 Å². The molecule has 0 bridgehead atoms. The van der Waals surface area contributed by atoms with Crippen LogP contribution in [-0.2, 0) is 0 Å². The van der Waals surface area contributed by atoms with E-state index in [0.717, 1.165) is 19.8 Å². The molecule has 0 spiro atoms. The van der Waals surface area contributed by atoms with Crippen LogP contribution in [0.1, 0.15) is 5.56 Å². The Morgan fingerprint density at radius 1 is 1.29 bits per heavy atom. The van der Waals surface area contributed by atoms with Crippen molar-refractivity contribution in [3.05, 3.63) is 43.7 Å². The number of aryl methyl sites for hydroxylation is 1. The first-order valence-corrected chi connectivity index (χ1v) is 8.30. The number of anilines is 1. The average molecular weight is 404 g/mol. The molecule has 0 amide bonds. The average Bonchev–Trinajstić information content (AvgIpc) is 2.94. The summed E-state index contributed by atoms with van der Waals surface area (Å²) in [6.07, 6.45) is 0. The van der Waals surface area contributed by atoms with Crippen LogP contribution in [0.4, 0.5) is 5.88 Å². The third-order valence-electron chi connectivity index (χ3n) is 3.01. The Labute approximate surface area is 143 Å². The molecule has 2 heterocycles. The Morgan fingerprint density at radius 3 is 2.67 bits per heavy atom. The van der Waals surface area contributed by atoms with Crippen LogP contribution in [0, 0.1) is 6.92 Å². The first kappa shape index (κ1) is 14.9. The molecule has 0 aliphatic heterocycles. The van der Waals surface area contributed by atoms with E-state index in [0.29, 0.717) is 21.3 Å². The summed E-state index contributed by atoms with van der Waals surface area (Å²) in [5.74, 6) is 0.233. The first-order chi connectivity index (χ1) is 9.97. The molecule has 0 saturated carbocycles. The minimum atomic E-state index is 0.233. The maximum Gasteiger partial charge on any atom is 0.230 e. The van der Waals surface area contributed by atoms with E-state index >= 15 is 0 Å². The molecule has 0 unspecified atom stereocenters. The molecule has 108 valence electrons. The molecule has 3 aromatic rings. The molecule has 0 aliphatic carbocycles. The van der Waals surface area contributed by atoms with Gasteiger partial charge in [0.1, 0.15) is 5.69 Å². The standard InChI is InChI=1S/C14H9BrCl2N2OS/c1-6-4-10(21-13(6)15)12-11(14(18)20-19-12)8-3-2-7(16)5-9(8)17/h2-5H,18H2,1H3. The molecule has 3 nitrogen and oxygen atoms in total. The quantitative estimate of drug-likeness (QED) is 0.568. The lowest BCUT2D eigenvalue weighted by Gasteiger charge is -2.04. The number of nitrogen functional groups attached to an aromatic ring is 1. The Balaban J connectivity index is 2.21. The van der Waals surface area contributed by atoms with E-state index in [9.17, 15) is 0 Å². The molecule has 0 aliphatic rings. The molecule has 7 heteroatoms. The van der Waals surface area contributed by atoms with Crippen LogP contribution < -0.4 is 5.73 Å². The molecule has 21 heavy (non-hydrogen) atoms. The summed E-state index contributed by atoms with van der Waals surface area (Å²) < 4.78 is 6.21. The lowest BCUT2D eigenvalue weighted by atomic mass is 10.0. The van der Waals surface area contributed by atoms with Crippen molar-refractivity contribution in [2.75, 3.05) is 5.73 Å². The number of aromatic nitrogens is 1. The van der Waals surface area contributed by atoms with Gasteiger partial charge in [0.15, 0.2) is 0 Å². The summed E-state index contributed by atoms with van der Waals surface area (Å²) >= 11 is 17.3. The van der Waals surface area contributed by atoms with E-state index in [1.807, 2.05) is 19.1 Å². The largest absolute Gasteiger partial charge is 0.367 e. The van der Waals surface area contributed by atoms with Gasteiger partial charge >= 0.3 is 0 Å². The minimum Gasteiger partial charge on any atom is -0.367 e. The van der Waals surface area contributed by atoms with Crippen molar-refractivity contribution in [2.45, 2.75) is 6.92 Å². The van der Waals surface area contributed by atoms with Gasteiger partial charge in [0.25, 0.3) is 0 Å². The monoisotopic (exact) mass is 402 g/mol. The Kier molecular flexibility index (Phi) is 4.01. The Hall–Kier alpha value is -1.01. The van der Waals surface area contributed by atoms with Gasteiger partial charge in [-0.1, -0.05) is 34.4 Å². The second kappa shape index (κ2) is 5.65. The highest BCUT2D eigenvalue weighted by Crippen LogP contribution is 2.43. The number of benzene rings is 1. The predicted octanol–water partition coefficient (Wildman–Crippen LogP) is 6.03. The number of halogens is 3. The molecular formula is C14H9BrCl2N2OS. The van der Waals surface area contributed by atoms with Crippen LogP contribution in [0.15, 0.2) is 32.6 Å². The van der Waals surface area contributed by atoms with Crippen molar-refractivity contribution in [3.8, 4) is 21.7 Å².